The van der Waals surface area contributed by atoms with E-state index >= 15 is 0 Å². The first-order chi connectivity index (χ1) is 13.1. The molecule has 6 aliphatic rings. The third-order valence-electron chi connectivity index (χ3n) is 8.63. The normalized spacial score (nSPS) is 45.6. The Hall–Kier alpha value is -1.56. The van der Waals surface area contributed by atoms with Gasteiger partial charge in [0.2, 0.25) is 0 Å². The molecule has 1 N–H and O–H groups in total. The fraction of sp³-hybridized carbons (Fsp3) is 0.636. The molecule has 7 rings (SSSR count). The molecule has 0 aromatic heterocycles. The lowest BCUT2D eigenvalue weighted by Gasteiger charge is -2.71. The first-order valence-electron chi connectivity index (χ1n) is 10.0. The standard InChI is InChI=1S/C22H27NO4/c1-23-9-8-21-17-13-4-5-15(25-2)18(17)27-19(21)22(26-3)7-6-20(21,16(23)10-13)11-14(22)12-24/h4-7,14,16,19,24H,8-12H2,1-3H3/t14-,16+,19-,20-,21+,22-/m1/s1. The average molecular weight is 369 g/mol. The molecule has 2 spiro atoms. The van der Waals surface area contributed by atoms with Crippen LogP contribution in [0.25, 0.3) is 0 Å². The maximum Gasteiger partial charge on any atom is 0.166 e. The van der Waals surface area contributed by atoms with E-state index in [1.54, 1.807) is 14.2 Å². The van der Waals surface area contributed by atoms with Crippen molar-refractivity contribution in [2.24, 2.45) is 11.3 Å². The van der Waals surface area contributed by atoms with Gasteiger partial charge in [0.1, 0.15) is 11.7 Å². The minimum absolute atomic E-state index is 0.0248. The number of piperidine rings is 1. The second-order valence-electron chi connectivity index (χ2n) is 9.07. The van der Waals surface area contributed by atoms with Gasteiger partial charge in [-0.25, -0.2) is 0 Å². The number of benzene rings is 1. The third-order valence-corrected chi connectivity index (χ3v) is 8.63. The summed E-state index contributed by atoms with van der Waals surface area (Å²) < 4.78 is 18.6. The number of rotatable bonds is 3. The zero-order chi connectivity index (χ0) is 18.6. The van der Waals surface area contributed by atoms with E-state index in [-0.39, 0.29) is 29.5 Å². The van der Waals surface area contributed by atoms with Gasteiger partial charge in [-0.1, -0.05) is 18.2 Å². The number of fused-ring (bicyclic) bond motifs is 1. The van der Waals surface area contributed by atoms with Crippen molar-refractivity contribution in [1.82, 2.24) is 4.90 Å². The second-order valence-corrected chi connectivity index (χ2v) is 9.07. The van der Waals surface area contributed by atoms with Crippen LogP contribution in [0.5, 0.6) is 11.5 Å². The fourth-order valence-electron chi connectivity index (χ4n) is 7.56. The first kappa shape index (κ1) is 16.4. The van der Waals surface area contributed by atoms with Gasteiger partial charge < -0.3 is 24.2 Å². The van der Waals surface area contributed by atoms with E-state index in [4.69, 9.17) is 14.2 Å². The number of hydrogen-bond donors (Lipinski definition) is 1. The van der Waals surface area contributed by atoms with Crippen molar-refractivity contribution in [3.05, 3.63) is 35.4 Å². The van der Waals surface area contributed by atoms with Gasteiger partial charge in [-0.2, -0.15) is 0 Å². The van der Waals surface area contributed by atoms with Gasteiger partial charge in [-0.05, 0) is 44.5 Å². The molecule has 1 saturated carbocycles. The zero-order valence-electron chi connectivity index (χ0n) is 16.2. The van der Waals surface area contributed by atoms with Crippen LogP contribution in [0, 0.1) is 11.3 Å². The molecule has 4 bridgehead atoms. The SMILES string of the molecule is COc1ccc2c3c1O[C@H]1[C@@]4(OC)C=C[C@@]5(C[C@@H]4CO)[C@H](C2)N(C)CC[C@]315. The van der Waals surface area contributed by atoms with E-state index in [1.165, 1.54) is 11.1 Å². The van der Waals surface area contributed by atoms with Crippen LogP contribution >= 0.6 is 0 Å². The van der Waals surface area contributed by atoms with Crippen molar-refractivity contribution in [2.45, 2.75) is 42.4 Å². The second kappa shape index (κ2) is 4.88. The van der Waals surface area contributed by atoms with E-state index in [1.807, 2.05) is 6.07 Å². The molecule has 0 unspecified atom stereocenters. The van der Waals surface area contributed by atoms with Crippen LogP contribution in [-0.2, 0) is 16.6 Å². The highest BCUT2D eigenvalue weighted by molar-refractivity contribution is 5.65. The van der Waals surface area contributed by atoms with Crippen molar-refractivity contribution >= 4 is 0 Å². The molecular weight excluding hydrogens is 342 g/mol. The van der Waals surface area contributed by atoms with Crippen LogP contribution < -0.4 is 9.47 Å². The summed E-state index contributed by atoms with van der Waals surface area (Å²) in [5, 5.41) is 10.3. The molecule has 5 heteroatoms. The smallest absolute Gasteiger partial charge is 0.166 e. The van der Waals surface area contributed by atoms with E-state index in [2.05, 4.69) is 30.2 Å². The van der Waals surface area contributed by atoms with Gasteiger partial charge in [0.25, 0.3) is 0 Å². The Morgan fingerprint density at radius 3 is 2.89 bits per heavy atom. The molecule has 27 heavy (non-hydrogen) atoms. The average Bonchev–Trinajstić information content (AvgIpc) is 3.07. The van der Waals surface area contributed by atoms with Crippen molar-refractivity contribution in [2.75, 3.05) is 34.4 Å². The number of hydrogen-bond acceptors (Lipinski definition) is 5. The maximum absolute atomic E-state index is 10.3. The lowest BCUT2D eigenvalue weighted by Crippen LogP contribution is -2.79. The number of aliphatic hydroxyl groups excluding tert-OH is 1. The summed E-state index contributed by atoms with van der Waals surface area (Å²) in [6.45, 7) is 1.17. The van der Waals surface area contributed by atoms with Crippen molar-refractivity contribution in [3.63, 3.8) is 0 Å². The van der Waals surface area contributed by atoms with Crippen molar-refractivity contribution in [1.29, 1.82) is 0 Å². The highest BCUT2D eigenvalue weighted by Crippen LogP contribution is 2.74. The third kappa shape index (κ3) is 1.47. The predicted molar refractivity (Wildman–Crippen MR) is 100 cm³/mol. The Bertz CT molecular complexity index is 868. The monoisotopic (exact) mass is 369 g/mol. The Kier molecular flexibility index (Phi) is 2.97. The van der Waals surface area contributed by atoms with Crippen LogP contribution in [0.15, 0.2) is 24.3 Å². The number of ether oxygens (including phenoxy) is 3. The van der Waals surface area contributed by atoms with Gasteiger partial charge in [0, 0.05) is 36.7 Å². The lowest BCUT2D eigenvalue weighted by molar-refractivity contribution is -0.219. The fourth-order valence-corrected chi connectivity index (χ4v) is 7.56. The van der Waals surface area contributed by atoms with E-state index < -0.39 is 5.60 Å². The molecule has 2 aliphatic heterocycles. The molecule has 0 radical (unpaired) electrons. The van der Waals surface area contributed by atoms with Gasteiger partial charge >= 0.3 is 0 Å². The highest BCUT2D eigenvalue weighted by Gasteiger charge is 2.78. The Morgan fingerprint density at radius 2 is 2.15 bits per heavy atom. The summed E-state index contributed by atoms with van der Waals surface area (Å²) in [5.74, 6) is 1.77. The Labute approximate surface area is 159 Å². The quantitative estimate of drug-likeness (QED) is 0.825. The number of likely N-dealkylation sites (N-methyl/N-ethyl adjacent to an activating group) is 1. The Morgan fingerprint density at radius 1 is 1.30 bits per heavy atom. The minimum atomic E-state index is -0.588. The summed E-state index contributed by atoms with van der Waals surface area (Å²) in [5.41, 5.74) is 2.04. The lowest BCUT2D eigenvalue weighted by atomic mass is 9.37. The maximum atomic E-state index is 10.3. The molecule has 2 heterocycles. The van der Waals surface area contributed by atoms with Crippen LogP contribution in [0.2, 0.25) is 0 Å². The zero-order valence-corrected chi connectivity index (χ0v) is 16.2. The van der Waals surface area contributed by atoms with Gasteiger partial charge in [0.15, 0.2) is 11.5 Å². The van der Waals surface area contributed by atoms with E-state index in [9.17, 15) is 5.11 Å². The number of likely N-dealkylation sites (tertiary alicyclic amines) is 1. The first-order valence-corrected chi connectivity index (χ1v) is 10.0. The summed E-state index contributed by atoms with van der Waals surface area (Å²) >= 11 is 0. The summed E-state index contributed by atoms with van der Waals surface area (Å²) in [4.78, 5) is 2.53. The minimum Gasteiger partial charge on any atom is -0.493 e. The highest BCUT2D eigenvalue weighted by atomic mass is 16.6. The topological polar surface area (TPSA) is 51.2 Å². The van der Waals surface area contributed by atoms with Crippen LogP contribution in [0.4, 0.5) is 0 Å². The molecular formula is C22H27NO4. The molecule has 1 aromatic rings. The van der Waals surface area contributed by atoms with Gasteiger partial charge in [0.05, 0.1) is 12.5 Å². The largest absolute Gasteiger partial charge is 0.493 e. The summed E-state index contributed by atoms with van der Waals surface area (Å²) in [7, 11) is 5.73. The van der Waals surface area contributed by atoms with Crippen LogP contribution in [0.3, 0.4) is 0 Å². The molecule has 5 nitrogen and oxygen atoms in total. The van der Waals surface area contributed by atoms with Crippen LogP contribution in [0.1, 0.15) is 24.0 Å². The summed E-state index contributed by atoms with van der Waals surface area (Å²) in [6.07, 6.45) is 7.54. The molecule has 4 aliphatic carbocycles. The predicted octanol–water partition coefficient (Wildman–Crippen LogP) is 1.91. The number of methoxy groups -OCH3 is 2. The number of aliphatic hydroxyl groups is 1. The van der Waals surface area contributed by atoms with Gasteiger partial charge in [-0.15, -0.1) is 0 Å². The van der Waals surface area contributed by atoms with Crippen molar-refractivity contribution in [3.8, 4) is 11.5 Å². The summed E-state index contributed by atoms with van der Waals surface area (Å²) in [6, 6.07) is 4.71. The molecule has 1 aromatic carbocycles. The van der Waals surface area contributed by atoms with Gasteiger partial charge in [-0.3, -0.25) is 0 Å². The molecule has 1 saturated heterocycles. The Balaban J connectivity index is 1.71. The molecule has 2 fully saturated rings. The van der Waals surface area contributed by atoms with Crippen molar-refractivity contribution < 1.29 is 19.3 Å². The van der Waals surface area contributed by atoms with E-state index in [0.717, 1.165) is 37.3 Å². The molecule has 0 amide bonds. The molecule has 6 atom stereocenters. The molecule has 144 valence electrons. The number of nitrogens with zero attached hydrogens (tertiary/aromatic N) is 1. The van der Waals surface area contributed by atoms with Crippen LogP contribution in [-0.4, -0.2) is 62.2 Å². The van der Waals surface area contributed by atoms with E-state index in [0.29, 0.717) is 6.04 Å².